The smallest absolute Gasteiger partial charge is 0.357 e. The summed E-state index contributed by atoms with van der Waals surface area (Å²) in [6.45, 7) is 0. The number of aromatic carboxylic acids is 1. The van der Waals surface area contributed by atoms with Crippen molar-refractivity contribution in [3.8, 4) is 0 Å². The first-order valence-corrected chi connectivity index (χ1v) is 3.49. The van der Waals surface area contributed by atoms with E-state index in [2.05, 4.69) is 9.97 Å². The first kappa shape index (κ1) is 7.39. The third-order valence-electron chi connectivity index (χ3n) is 0.856. The van der Waals surface area contributed by atoms with Gasteiger partial charge in [-0.15, -0.1) is 0 Å². The van der Waals surface area contributed by atoms with Gasteiger partial charge in [0.25, 0.3) is 0 Å². The van der Waals surface area contributed by atoms with Crippen LogP contribution < -0.4 is 0 Å². The standard InChI is InChI=1S/C5H3IN2O2/c6-4-3(5(9)10)7-1-2-8-4/h1-2H,(H,9,10). The maximum atomic E-state index is 10.3. The van der Waals surface area contributed by atoms with Crippen LogP contribution in [0, 0.1) is 3.70 Å². The van der Waals surface area contributed by atoms with Crippen molar-refractivity contribution >= 4 is 28.6 Å². The second-order valence-corrected chi connectivity index (χ2v) is 2.52. The first-order chi connectivity index (χ1) is 4.72. The highest BCUT2D eigenvalue weighted by atomic mass is 127. The number of halogens is 1. The number of carboxylic acid groups (broad SMARTS) is 1. The fraction of sp³-hybridized carbons (Fsp3) is 0. The largest absolute Gasteiger partial charge is 0.476 e. The molecule has 5 heteroatoms. The molecule has 0 bridgehead atoms. The van der Waals surface area contributed by atoms with Crippen LogP contribution in [0.25, 0.3) is 0 Å². The van der Waals surface area contributed by atoms with E-state index < -0.39 is 5.97 Å². The van der Waals surface area contributed by atoms with Gasteiger partial charge >= 0.3 is 5.97 Å². The fourth-order valence-corrected chi connectivity index (χ4v) is 0.995. The first-order valence-electron chi connectivity index (χ1n) is 2.41. The topological polar surface area (TPSA) is 63.1 Å². The minimum absolute atomic E-state index is 0.00287. The summed E-state index contributed by atoms with van der Waals surface area (Å²) in [6, 6.07) is 0. The van der Waals surface area contributed by atoms with Gasteiger partial charge in [0.1, 0.15) is 3.70 Å². The summed E-state index contributed by atoms with van der Waals surface area (Å²) in [7, 11) is 0. The molecule has 0 fully saturated rings. The molecule has 1 aromatic rings. The molecule has 1 heterocycles. The predicted octanol–water partition coefficient (Wildman–Crippen LogP) is 0.779. The molecule has 0 unspecified atom stereocenters. The van der Waals surface area contributed by atoms with E-state index in [9.17, 15) is 4.79 Å². The van der Waals surface area contributed by atoms with Crippen LogP contribution in [-0.4, -0.2) is 21.0 Å². The van der Waals surface area contributed by atoms with Gasteiger partial charge in [-0.05, 0) is 22.6 Å². The number of rotatable bonds is 1. The van der Waals surface area contributed by atoms with E-state index in [4.69, 9.17) is 5.11 Å². The van der Waals surface area contributed by atoms with Crippen LogP contribution in [0.5, 0.6) is 0 Å². The van der Waals surface area contributed by atoms with Crippen molar-refractivity contribution in [2.75, 3.05) is 0 Å². The average Bonchev–Trinajstić information content (AvgIpc) is 1.88. The van der Waals surface area contributed by atoms with Crippen LogP contribution in [0.1, 0.15) is 10.5 Å². The molecule has 0 saturated carbocycles. The molecule has 0 aliphatic heterocycles. The Bertz CT molecular complexity index is 264. The van der Waals surface area contributed by atoms with E-state index in [-0.39, 0.29) is 5.69 Å². The lowest BCUT2D eigenvalue weighted by Crippen LogP contribution is -2.03. The van der Waals surface area contributed by atoms with E-state index in [1.807, 2.05) is 22.6 Å². The number of carbonyl (C=O) groups is 1. The minimum Gasteiger partial charge on any atom is -0.476 e. The maximum absolute atomic E-state index is 10.3. The summed E-state index contributed by atoms with van der Waals surface area (Å²) >= 11 is 1.82. The monoisotopic (exact) mass is 250 g/mol. The van der Waals surface area contributed by atoms with Gasteiger partial charge in [0.2, 0.25) is 0 Å². The molecule has 0 amide bonds. The Morgan fingerprint density at radius 2 is 2.10 bits per heavy atom. The summed E-state index contributed by atoms with van der Waals surface area (Å²) in [5.74, 6) is -1.04. The Kier molecular flexibility index (Phi) is 2.15. The molecule has 1 N–H and O–H groups in total. The van der Waals surface area contributed by atoms with Crippen LogP contribution in [0.15, 0.2) is 12.4 Å². The minimum atomic E-state index is -1.04. The third-order valence-corrected chi connectivity index (χ3v) is 1.65. The second kappa shape index (κ2) is 2.91. The normalized spacial score (nSPS) is 9.30. The highest BCUT2D eigenvalue weighted by Crippen LogP contribution is 2.03. The van der Waals surface area contributed by atoms with Crippen LogP contribution in [0.2, 0.25) is 0 Å². The molecule has 0 aliphatic rings. The molecule has 1 aromatic heterocycles. The molecule has 0 spiro atoms. The zero-order chi connectivity index (χ0) is 7.56. The van der Waals surface area contributed by atoms with Crippen molar-refractivity contribution in [1.82, 2.24) is 9.97 Å². The molecule has 4 nitrogen and oxygen atoms in total. The third kappa shape index (κ3) is 1.41. The summed E-state index contributed by atoms with van der Waals surface area (Å²) < 4.78 is 0.410. The van der Waals surface area contributed by atoms with Crippen molar-refractivity contribution in [3.05, 3.63) is 21.8 Å². The summed E-state index contributed by atoms with van der Waals surface area (Å²) in [4.78, 5) is 17.7. The fourth-order valence-electron chi connectivity index (χ4n) is 0.465. The zero-order valence-electron chi connectivity index (χ0n) is 4.78. The molecule has 0 atom stereocenters. The van der Waals surface area contributed by atoms with Gasteiger partial charge in [-0.25, -0.2) is 14.8 Å². The van der Waals surface area contributed by atoms with E-state index in [1.165, 1.54) is 12.4 Å². The number of carboxylic acids is 1. The summed E-state index contributed by atoms with van der Waals surface area (Å²) in [5.41, 5.74) is 0.00287. The van der Waals surface area contributed by atoms with Gasteiger partial charge in [-0.3, -0.25) is 0 Å². The van der Waals surface area contributed by atoms with Gasteiger partial charge in [-0.2, -0.15) is 0 Å². The average molecular weight is 250 g/mol. The molecule has 0 aliphatic carbocycles. The van der Waals surface area contributed by atoms with Crippen molar-refractivity contribution in [2.45, 2.75) is 0 Å². The summed E-state index contributed by atoms with van der Waals surface area (Å²) in [6.07, 6.45) is 2.81. The van der Waals surface area contributed by atoms with E-state index in [0.717, 1.165) is 0 Å². The molecule has 1 rings (SSSR count). The van der Waals surface area contributed by atoms with E-state index in [0.29, 0.717) is 3.70 Å². The van der Waals surface area contributed by atoms with E-state index >= 15 is 0 Å². The highest BCUT2D eigenvalue weighted by molar-refractivity contribution is 14.1. The number of hydrogen-bond donors (Lipinski definition) is 1. The number of nitrogens with zero attached hydrogens (tertiary/aromatic N) is 2. The molecule has 0 saturated heterocycles. The molecule has 52 valence electrons. The maximum Gasteiger partial charge on any atom is 0.357 e. The lowest BCUT2D eigenvalue weighted by atomic mass is 10.5. The van der Waals surface area contributed by atoms with Crippen LogP contribution in [0.3, 0.4) is 0 Å². The molecular weight excluding hydrogens is 247 g/mol. The SMILES string of the molecule is O=C(O)c1nccnc1I. The Morgan fingerprint density at radius 1 is 1.50 bits per heavy atom. The van der Waals surface area contributed by atoms with Crippen LogP contribution in [-0.2, 0) is 0 Å². The Balaban J connectivity index is 3.15. The Morgan fingerprint density at radius 3 is 2.50 bits per heavy atom. The lowest BCUT2D eigenvalue weighted by molar-refractivity contribution is 0.0688. The van der Waals surface area contributed by atoms with E-state index in [1.54, 1.807) is 0 Å². The molecule has 0 aromatic carbocycles. The lowest BCUT2D eigenvalue weighted by Gasteiger charge is -1.92. The summed E-state index contributed by atoms with van der Waals surface area (Å²) in [5, 5.41) is 8.46. The van der Waals surface area contributed by atoms with Gasteiger partial charge in [0, 0.05) is 12.4 Å². The van der Waals surface area contributed by atoms with Gasteiger partial charge in [-0.1, -0.05) is 0 Å². The van der Waals surface area contributed by atoms with Crippen molar-refractivity contribution in [3.63, 3.8) is 0 Å². The van der Waals surface area contributed by atoms with Crippen LogP contribution >= 0.6 is 22.6 Å². The number of hydrogen-bond acceptors (Lipinski definition) is 3. The molecular formula is C5H3IN2O2. The van der Waals surface area contributed by atoms with Gasteiger partial charge < -0.3 is 5.11 Å². The predicted molar refractivity (Wildman–Crippen MR) is 41.7 cm³/mol. The van der Waals surface area contributed by atoms with Gasteiger partial charge in [0.05, 0.1) is 0 Å². The van der Waals surface area contributed by atoms with Crippen molar-refractivity contribution < 1.29 is 9.90 Å². The van der Waals surface area contributed by atoms with Gasteiger partial charge in [0.15, 0.2) is 5.69 Å². The Labute approximate surface area is 70.5 Å². The molecule has 0 radical (unpaired) electrons. The van der Waals surface area contributed by atoms with Crippen molar-refractivity contribution in [1.29, 1.82) is 0 Å². The quantitative estimate of drug-likeness (QED) is 0.748. The zero-order valence-corrected chi connectivity index (χ0v) is 6.94. The van der Waals surface area contributed by atoms with Crippen LogP contribution in [0.4, 0.5) is 0 Å². The second-order valence-electron chi connectivity index (χ2n) is 1.50. The van der Waals surface area contributed by atoms with Crippen molar-refractivity contribution in [2.24, 2.45) is 0 Å². The Hall–Kier alpha value is -0.720. The molecule has 10 heavy (non-hydrogen) atoms. The number of aromatic nitrogens is 2. The highest BCUT2D eigenvalue weighted by Gasteiger charge is 2.08.